The number of hydrogen-bond acceptors (Lipinski definition) is 12. The molecule has 0 bridgehead atoms. The summed E-state index contributed by atoms with van der Waals surface area (Å²) in [5.41, 5.74) is 0. The number of Topliss-reactive ketones (excluding diaryl/α,β-unsaturated/α-hetero) is 9. The maximum Gasteiger partial charge on any atom is 0.232 e. The van der Waals surface area contributed by atoms with Crippen LogP contribution in [0.3, 0.4) is 0 Å². The fraction of sp³-hybridized carbons (Fsp3) is 0.784. The van der Waals surface area contributed by atoms with E-state index in [-0.39, 0.29) is 71.4 Å². The number of likely N-dealkylation sites (tertiary alicyclic amines) is 1. The minimum absolute atomic E-state index is 0.00292. The van der Waals surface area contributed by atoms with Crippen molar-refractivity contribution in [3.8, 4) is 0 Å². The van der Waals surface area contributed by atoms with Gasteiger partial charge in [-0.1, -0.05) is 81.1 Å². The highest BCUT2D eigenvalue weighted by Gasteiger charge is 2.34. The minimum atomic E-state index is -0.0888. The van der Waals surface area contributed by atoms with Gasteiger partial charge in [0.2, 0.25) is 11.8 Å². The van der Waals surface area contributed by atoms with Gasteiger partial charge in [-0.2, -0.15) is 0 Å². The van der Waals surface area contributed by atoms with Crippen molar-refractivity contribution < 1.29 is 57.5 Å². The Hall–Kier alpha value is -3.87. The van der Waals surface area contributed by atoms with E-state index in [0.717, 1.165) is 83.5 Å². The van der Waals surface area contributed by atoms with E-state index in [1.165, 1.54) is 18.7 Å². The summed E-state index contributed by atoms with van der Waals surface area (Å²) in [6, 6.07) is 0. The van der Waals surface area contributed by atoms with Gasteiger partial charge in [-0.3, -0.25) is 33.7 Å². The third kappa shape index (κ3) is 67.2. The zero-order valence-corrected chi connectivity index (χ0v) is 43.1. The van der Waals surface area contributed by atoms with Crippen LogP contribution in [-0.4, -0.2) is 88.5 Å². The topological polar surface area (TPSA) is 200 Å². The Labute approximate surface area is 389 Å². The molecule has 1 rings (SSSR count). The van der Waals surface area contributed by atoms with Crippen LogP contribution in [-0.2, 0) is 57.5 Å². The molecule has 374 valence electrons. The van der Waals surface area contributed by atoms with Crippen molar-refractivity contribution in [1.82, 2.24) is 4.90 Å². The van der Waals surface area contributed by atoms with Gasteiger partial charge in [0.1, 0.15) is 53.7 Å². The lowest BCUT2D eigenvalue weighted by Crippen LogP contribution is -2.30. The second-order valence-corrected chi connectivity index (χ2v) is 16.2. The van der Waals surface area contributed by atoms with Crippen molar-refractivity contribution >= 4 is 63.9 Å². The van der Waals surface area contributed by atoms with Gasteiger partial charge >= 0.3 is 0 Å². The molecular formula is C51H93NO12. The first kappa shape index (κ1) is 71.8. The molecule has 0 aliphatic carbocycles. The van der Waals surface area contributed by atoms with Crippen LogP contribution < -0.4 is 0 Å². The lowest BCUT2D eigenvalue weighted by atomic mass is 10.1. The molecule has 0 radical (unpaired) electrons. The Morgan fingerprint density at radius 3 is 1.11 bits per heavy atom. The molecule has 1 aliphatic heterocycles. The Morgan fingerprint density at radius 1 is 0.438 bits per heavy atom. The highest BCUT2D eigenvalue weighted by Crippen LogP contribution is 2.18. The number of ether oxygens (including phenoxy) is 1. The number of imide groups is 1. The third-order valence-electron chi connectivity index (χ3n) is 8.64. The number of rotatable bonds is 28. The maximum absolute atomic E-state index is 11.2. The maximum atomic E-state index is 11.2. The lowest BCUT2D eigenvalue weighted by molar-refractivity contribution is -0.139. The van der Waals surface area contributed by atoms with Gasteiger partial charge in [-0.15, -0.1) is 0 Å². The molecule has 0 unspecified atom stereocenters. The van der Waals surface area contributed by atoms with E-state index in [1.807, 2.05) is 27.7 Å². The van der Waals surface area contributed by atoms with Crippen LogP contribution >= 0.6 is 0 Å². The monoisotopic (exact) mass is 912 g/mol. The fourth-order valence-electron chi connectivity index (χ4n) is 4.69. The molecular weight excluding hydrogens is 819 g/mol. The van der Waals surface area contributed by atoms with E-state index in [9.17, 15) is 52.7 Å². The molecule has 1 heterocycles. The molecule has 2 amide bonds. The highest BCUT2D eigenvalue weighted by atomic mass is 16.5. The first-order valence-electron chi connectivity index (χ1n) is 23.9. The number of amides is 2. The van der Waals surface area contributed by atoms with E-state index < -0.39 is 0 Å². The van der Waals surface area contributed by atoms with Crippen molar-refractivity contribution in [2.24, 2.45) is 5.92 Å². The highest BCUT2D eigenvalue weighted by molar-refractivity contribution is 6.03. The minimum Gasteiger partial charge on any atom is -0.366 e. The Bertz CT molecular complexity index is 1270. The number of carbonyl (C=O) groups is 11. The summed E-state index contributed by atoms with van der Waals surface area (Å²) >= 11 is 0. The quantitative estimate of drug-likeness (QED) is 0.0674. The summed E-state index contributed by atoms with van der Waals surface area (Å²) in [6.07, 6.45) is 17.2. The van der Waals surface area contributed by atoms with Crippen LogP contribution in [0.5, 0.6) is 0 Å². The van der Waals surface area contributed by atoms with Gasteiger partial charge in [0.25, 0.3) is 0 Å². The van der Waals surface area contributed by atoms with Crippen molar-refractivity contribution in [2.75, 3.05) is 19.8 Å². The second-order valence-electron chi connectivity index (χ2n) is 16.2. The van der Waals surface area contributed by atoms with Crippen molar-refractivity contribution in [3.05, 3.63) is 0 Å². The van der Waals surface area contributed by atoms with Gasteiger partial charge < -0.3 is 28.7 Å². The number of carbonyl (C=O) groups excluding carboxylic acids is 11. The molecule has 1 atom stereocenters. The Balaban J connectivity index is -0.000000156. The Kier molecular flexibility index (Phi) is 59.9. The second kappa shape index (κ2) is 53.5. The lowest BCUT2D eigenvalue weighted by Gasteiger charge is -2.11. The number of unbranched alkanes of at least 4 members (excludes halogenated alkanes) is 4. The van der Waals surface area contributed by atoms with Crippen LogP contribution in [0.4, 0.5) is 0 Å². The predicted octanol–water partition coefficient (Wildman–Crippen LogP) is 10.9. The largest absolute Gasteiger partial charge is 0.366 e. The molecule has 1 saturated heterocycles. The van der Waals surface area contributed by atoms with Crippen molar-refractivity contribution in [2.45, 2.75) is 238 Å². The summed E-state index contributed by atoms with van der Waals surface area (Å²) in [5, 5.41) is 0. The molecule has 1 fully saturated rings. The Morgan fingerprint density at radius 2 is 0.812 bits per heavy atom. The summed E-state index contributed by atoms with van der Waals surface area (Å²) < 4.78 is 4.85. The van der Waals surface area contributed by atoms with Crippen LogP contribution in [0.2, 0.25) is 0 Å². The number of ketones is 9. The standard InChI is InChI=1S/C10H18O2.C9H16O3.C9H16O2.C8H13NO2.C6H12O.C5H10O.C4H8O/c1-3-4-7-10(12)8-5-6-9(2)11;1-3-4-5-9(11)7-12-6-8(2)10;1-3-4-5-9(11)7-6-8(2)10;1-3-4-9-7(10)5-6(2)8(9)11;1-3-4-5-6(2)7;1-3-4-5(2)6;1-3-4(2)5/h3-8H2,1-2H3;3-7H2,1-2H3;3-7H2,1-2H3;6H,3-5H2,1-2H3;3-5H2,1-2H3;3-4H2,1-2H3;3H2,1-2H3/t;;;6-;;;/m...1.../s1. The van der Waals surface area contributed by atoms with E-state index in [2.05, 4.69) is 20.8 Å². The first-order chi connectivity index (χ1) is 30.0. The summed E-state index contributed by atoms with van der Waals surface area (Å²) in [4.78, 5) is 118. The van der Waals surface area contributed by atoms with Crippen LogP contribution in [0.25, 0.3) is 0 Å². The molecule has 64 heavy (non-hydrogen) atoms. The van der Waals surface area contributed by atoms with Crippen molar-refractivity contribution in [1.29, 1.82) is 0 Å². The molecule has 0 N–H and O–H groups in total. The summed E-state index contributed by atoms with van der Waals surface area (Å²) in [6.45, 7) is 25.9. The average Bonchev–Trinajstić information content (AvgIpc) is 3.46. The normalized spacial score (nSPS) is 12.0. The van der Waals surface area contributed by atoms with Crippen LogP contribution in [0.15, 0.2) is 0 Å². The summed E-state index contributed by atoms with van der Waals surface area (Å²) in [7, 11) is 0. The molecule has 0 saturated carbocycles. The van der Waals surface area contributed by atoms with Gasteiger partial charge in [0.15, 0.2) is 11.6 Å². The smallest absolute Gasteiger partial charge is 0.232 e. The van der Waals surface area contributed by atoms with E-state index >= 15 is 0 Å². The average molecular weight is 912 g/mol. The van der Waals surface area contributed by atoms with Gasteiger partial charge in [-0.05, 0) is 86.5 Å². The van der Waals surface area contributed by atoms with E-state index in [0.29, 0.717) is 75.9 Å². The molecule has 0 aromatic heterocycles. The SMILES string of the molecule is CCC(C)=O.CCCC(C)=O.CCCCC(=O)CCC(C)=O.CCCCC(=O)CCCC(C)=O.CCCCC(=O)COCC(C)=O.CCCCC(C)=O.CCCN1C(=O)C[C@@H](C)C1=O. The van der Waals surface area contributed by atoms with Gasteiger partial charge in [0, 0.05) is 83.1 Å². The first-order valence-corrected chi connectivity index (χ1v) is 23.9. The zero-order valence-electron chi connectivity index (χ0n) is 43.1. The summed E-state index contributed by atoms with van der Waals surface area (Å²) in [5.74, 6) is 1.60. The molecule has 13 nitrogen and oxygen atoms in total. The number of hydrogen-bond donors (Lipinski definition) is 0. The van der Waals surface area contributed by atoms with Crippen molar-refractivity contribution in [3.63, 3.8) is 0 Å². The third-order valence-corrected chi connectivity index (χ3v) is 8.64. The van der Waals surface area contributed by atoms with Gasteiger partial charge in [0.05, 0.1) is 0 Å². The molecule has 0 spiro atoms. The van der Waals surface area contributed by atoms with Crippen LogP contribution in [0.1, 0.15) is 238 Å². The molecule has 0 aromatic carbocycles. The predicted molar refractivity (Wildman–Crippen MR) is 257 cm³/mol. The molecule has 0 aromatic rings. The van der Waals surface area contributed by atoms with E-state index in [1.54, 1.807) is 34.6 Å². The zero-order chi connectivity index (χ0) is 50.9. The fourth-order valence-corrected chi connectivity index (χ4v) is 4.69. The van der Waals surface area contributed by atoms with Crippen LogP contribution in [0, 0.1) is 5.92 Å². The van der Waals surface area contributed by atoms with E-state index in [4.69, 9.17) is 4.74 Å². The molecule has 13 heteroatoms. The van der Waals surface area contributed by atoms with Gasteiger partial charge in [-0.25, -0.2) is 0 Å². The molecule has 1 aliphatic rings. The number of nitrogens with zero attached hydrogens (tertiary/aromatic N) is 1.